The molecule has 184 valence electrons. The van der Waals surface area contributed by atoms with Crippen LogP contribution in [0.5, 0.6) is 0 Å². The number of sulfonamides is 1. The second-order valence-corrected chi connectivity index (χ2v) is 11.2. The summed E-state index contributed by atoms with van der Waals surface area (Å²) in [4.78, 5) is 8.32. The second-order valence-electron chi connectivity index (χ2n) is 9.22. The van der Waals surface area contributed by atoms with Crippen molar-refractivity contribution in [1.82, 2.24) is 14.3 Å². The third-order valence-corrected chi connectivity index (χ3v) is 8.45. The van der Waals surface area contributed by atoms with Gasteiger partial charge in [0, 0.05) is 25.5 Å². The van der Waals surface area contributed by atoms with Crippen molar-refractivity contribution in [1.29, 1.82) is 0 Å². The SMILES string of the molecule is O=S(=O)(CC=C(c1ccc2ccccc2c1)c1cccc2ccccc12)N1CC(Nc2ncccn2)C1. The molecule has 1 N–H and O–H groups in total. The minimum Gasteiger partial charge on any atom is -0.349 e. The molecule has 0 unspecified atom stereocenters. The van der Waals surface area contributed by atoms with Gasteiger partial charge in [0.05, 0.1) is 11.8 Å². The van der Waals surface area contributed by atoms with Crippen LogP contribution in [0.15, 0.2) is 109 Å². The van der Waals surface area contributed by atoms with Crippen LogP contribution in [0.3, 0.4) is 0 Å². The first-order chi connectivity index (χ1) is 18.1. The Labute approximate surface area is 216 Å². The van der Waals surface area contributed by atoms with Gasteiger partial charge in [-0.3, -0.25) is 0 Å². The molecule has 1 saturated heterocycles. The van der Waals surface area contributed by atoms with Crippen LogP contribution in [0.2, 0.25) is 0 Å². The summed E-state index contributed by atoms with van der Waals surface area (Å²) in [6.45, 7) is 0.794. The fourth-order valence-corrected chi connectivity index (χ4v) is 6.21. The topological polar surface area (TPSA) is 75.2 Å². The average molecular weight is 507 g/mol. The Hall–Kier alpha value is -4.07. The van der Waals surface area contributed by atoms with Crippen LogP contribution >= 0.6 is 0 Å². The fourth-order valence-electron chi connectivity index (χ4n) is 4.81. The number of benzene rings is 4. The van der Waals surface area contributed by atoms with E-state index < -0.39 is 10.0 Å². The Kier molecular flexibility index (Phi) is 6.16. The van der Waals surface area contributed by atoms with Gasteiger partial charge in [-0.25, -0.2) is 18.4 Å². The van der Waals surface area contributed by atoms with E-state index in [1.807, 2.05) is 36.4 Å². The largest absolute Gasteiger partial charge is 0.349 e. The normalized spacial score (nSPS) is 15.1. The molecular weight excluding hydrogens is 480 g/mol. The maximum atomic E-state index is 13.3. The number of rotatable bonds is 7. The average Bonchev–Trinajstić information content (AvgIpc) is 2.91. The van der Waals surface area contributed by atoms with E-state index in [9.17, 15) is 8.42 Å². The first-order valence-electron chi connectivity index (χ1n) is 12.3. The van der Waals surface area contributed by atoms with Crippen molar-refractivity contribution >= 4 is 43.1 Å². The van der Waals surface area contributed by atoms with Gasteiger partial charge in [0.1, 0.15) is 0 Å². The Morgan fingerprint density at radius 2 is 1.54 bits per heavy atom. The molecule has 1 aliphatic rings. The lowest BCUT2D eigenvalue weighted by molar-refractivity contribution is 0.281. The highest BCUT2D eigenvalue weighted by Gasteiger charge is 2.35. The molecule has 6 nitrogen and oxygen atoms in total. The minimum absolute atomic E-state index is 0.000760. The smallest absolute Gasteiger partial charge is 0.222 e. The van der Waals surface area contributed by atoms with Crippen LogP contribution in [0.25, 0.3) is 27.1 Å². The second kappa shape index (κ2) is 9.76. The van der Waals surface area contributed by atoms with Gasteiger partial charge in [-0.1, -0.05) is 84.9 Å². The summed E-state index contributed by atoms with van der Waals surface area (Å²) in [5.41, 5.74) is 2.93. The first kappa shape index (κ1) is 23.3. The molecule has 0 amide bonds. The Bertz CT molecular complexity index is 1710. The molecule has 0 saturated carbocycles. The van der Waals surface area contributed by atoms with Gasteiger partial charge in [0.2, 0.25) is 16.0 Å². The van der Waals surface area contributed by atoms with Gasteiger partial charge in [-0.15, -0.1) is 0 Å². The Balaban J connectivity index is 1.32. The number of hydrogen-bond donors (Lipinski definition) is 1. The monoisotopic (exact) mass is 506 g/mol. The van der Waals surface area contributed by atoms with Crippen molar-refractivity contribution < 1.29 is 8.42 Å². The molecule has 5 aromatic rings. The quantitative estimate of drug-likeness (QED) is 0.323. The van der Waals surface area contributed by atoms with E-state index in [1.165, 1.54) is 4.31 Å². The summed E-state index contributed by atoms with van der Waals surface area (Å²) < 4.78 is 28.1. The minimum atomic E-state index is -3.48. The maximum Gasteiger partial charge on any atom is 0.222 e. The molecular formula is C30H26N4O2S. The van der Waals surface area contributed by atoms with Crippen LogP contribution in [0, 0.1) is 0 Å². The first-order valence-corrected chi connectivity index (χ1v) is 13.9. The summed E-state index contributed by atoms with van der Waals surface area (Å²) in [7, 11) is -3.48. The summed E-state index contributed by atoms with van der Waals surface area (Å²) in [5, 5.41) is 7.68. The summed E-state index contributed by atoms with van der Waals surface area (Å²) in [5.74, 6) is 0.437. The molecule has 2 heterocycles. The Morgan fingerprint density at radius 3 is 2.35 bits per heavy atom. The lowest BCUT2D eigenvalue weighted by Gasteiger charge is -2.38. The Morgan fingerprint density at radius 1 is 0.838 bits per heavy atom. The van der Waals surface area contributed by atoms with E-state index in [1.54, 1.807) is 18.5 Å². The molecule has 0 aliphatic carbocycles. The lowest BCUT2D eigenvalue weighted by atomic mass is 9.92. The molecule has 37 heavy (non-hydrogen) atoms. The van der Waals surface area contributed by atoms with Gasteiger partial charge in [-0.2, -0.15) is 4.31 Å². The van der Waals surface area contributed by atoms with Crippen LogP contribution in [-0.2, 0) is 10.0 Å². The van der Waals surface area contributed by atoms with Crippen molar-refractivity contribution in [3.63, 3.8) is 0 Å². The van der Waals surface area contributed by atoms with Crippen molar-refractivity contribution in [3.05, 3.63) is 121 Å². The van der Waals surface area contributed by atoms with Crippen molar-refractivity contribution in [2.75, 3.05) is 24.2 Å². The zero-order valence-corrected chi connectivity index (χ0v) is 21.0. The van der Waals surface area contributed by atoms with Crippen LogP contribution in [-0.4, -0.2) is 47.6 Å². The molecule has 1 aliphatic heterocycles. The highest BCUT2D eigenvalue weighted by atomic mass is 32.2. The van der Waals surface area contributed by atoms with E-state index in [4.69, 9.17) is 0 Å². The lowest BCUT2D eigenvalue weighted by Crippen LogP contribution is -2.57. The van der Waals surface area contributed by atoms with Crippen molar-refractivity contribution in [2.24, 2.45) is 0 Å². The zero-order chi connectivity index (χ0) is 25.2. The number of nitrogens with zero attached hydrogens (tertiary/aromatic N) is 3. The molecule has 0 atom stereocenters. The molecule has 7 heteroatoms. The van der Waals surface area contributed by atoms with Gasteiger partial charge in [-0.05, 0) is 50.4 Å². The number of anilines is 1. The summed E-state index contributed by atoms with van der Waals surface area (Å²) >= 11 is 0. The predicted octanol–water partition coefficient (Wildman–Crippen LogP) is 5.34. The van der Waals surface area contributed by atoms with Gasteiger partial charge < -0.3 is 5.32 Å². The summed E-state index contributed by atoms with van der Waals surface area (Å²) in [6.07, 6.45) is 5.19. The van der Waals surface area contributed by atoms with E-state index in [2.05, 4.69) is 69.9 Å². The maximum absolute atomic E-state index is 13.3. The van der Waals surface area contributed by atoms with Gasteiger partial charge >= 0.3 is 0 Å². The van der Waals surface area contributed by atoms with E-state index in [0.29, 0.717) is 19.0 Å². The fraction of sp³-hybridized carbons (Fsp3) is 0.133. The van der Waals surface area contributed by atoms with Crippen LogP contribution < -0.4 is 5.32 Å². The van der Waals surface area contributed by atoms with Crippen molar-refractivity contribution in [3.8, 4) is 0 Å². The van der Waals surface area contributed by atoms with E-state index in [-0.39, 0.29) is 11.8 Å². The molecule has 4 aromatic carbocycles. The van der Waals surface area contributed by atoms with Crippen LogP contribution in [0.4, 0.5) is 5.95 Å². The molecule has 0 spiro atoms. The molecule has 6 rings (SSSR count). The molecule has 1 fully saturated rings. The molecule has 0 radical (unpaired) electrons. The standard InChI is InChI=1S/C30H26N4O2S/c35-37(36,34-20-26(21-34)33-30-31-16-6-17-32-30)18-15-28(25-14-13-22-7-1-2-9-24(22)19-25)29-12-5-10-23-8-3-4-11-27(23)29/h1-17,19,26H,18,20-21H2,(H,31,32,33). The van der Waals surface area contributed by atoms with Gasteiger partial charge in [0.15, 0.2) is 0 Å². The van der Waals surface area contributed by atoms with Gasteiger partial charge in [0.25, 0.3) is 0 Å². The van der Waals surface area contributed by atoms with Crippen molar-refractivity contribution in [2.45, 2.75) is 6.04 Å². The predicted molar refractivity (Wildman–Crippen MR) is 150 cm³/mol. The highest BCUT2D eigenvalue weighted by Crippen LogP contribution is 2.32. The van der Waals surface area contributed by atoms with Crippen LogP contribution in [0.1, 0.15) is 11.1 Å². The number of nitrogens with one attached hydrogen (secondary N) is 1. The number of fused-ring (bicyclic) bond motifs is 2. The number of aromatic nitrogens is 2. The summed E-state index contributed by atoms with van der Waals surface area (Å²) in [6, 6.07) is 30.6. The third-order valence-electron chi connectivity index (χ3n) is 6.78. The zero-order valence-electron chi connectivity index (χ0n) is 20.2. The van der Waals surface area contributed by atoms with E-state index in [0.717, 1.165) is 38.2 Å². The van der Waals surface area contributed by atoms with E-state index >= 15 is 0 Å². The highest BCUT2D eigenvalue weighted by molar-refractivity contribution is 7.89. The number of hydrogen-bond acceptors (Lipinski definition) is 5. The third kappa shape index (κ3) is 4.83. The molecule has 1 aromatic heterocycles. The molecule has 0 bridgehead atoms.